The molecule has 2 atom stereocenters. The van der Waals surface area contributed by atoms with Crippen LogP contribution in [0, 0.1) is 0 Å². The van der Waals surface area contributed by atoms with Gasteiger partial charge in [0.25, 0.3) is 0 Å². The summed E-state index contributed by atoms with van der Waals surface area (Å²) in [5.74, 6) is 0.112. The molecule has 0 aromatic rings. The number of aliphatic hydroxyl groups is 1. The molecule has 2 N–H and O–H groups in total. The minimum atomic E-state index is 0.0399. The molecular formula is C13H27NO2S. The van der Waals surface area contributed by atoms with Crippen LogP contribution in [-0.4, -0.2) is 35.2 Å². The van der Waals surface area contributed by atoms with E-state index < -0.39 is 0 Å². The normalized spacial score (nSPS) is 14.4. The van der Waals surface area contributed by atoms with Crippen molar-refractivity contribution in [1.82, 2.24) is 5.32 Å². The van der Waals surface area contributed by atoms with E-state index in [1.165, 1.54) is 19.3 Å². The number of carbonyl (C=O) groups is 1. The Hall–Kier alpha value is -0.220. The zero-order valence-corrected chi connectivity index (χ0v) is 12.2. The second-order valence-corrected chi connectivity index (χ2v) is 5.55. The third kappa shape index (κ3) is 8.50. The average Bonchev–Trinajstić information content (AvgIpc) is 2.30. The number of unbranched alkanes of at least 4 members (excludes halogenated alkanes) is 4. The smallest absolute Gasteiger partial charge is 0.220 e. The molecule has 3 nitrogen and oxygen atoms in total. The Morgan fingerprint density at radius 2 is 1.94 bits per heavy atom. The highest BCUT2D eigenvalue weighted by molar-refractivity contribution is 7.99. The Morgan fingerprint density at radius 3 is 2.47 bits per heavy atom. The predicted octanol–water partition coefficient (Wildman–Crippen LogP) is 2.58. The Morgan fingerprint density at radius 1 is 1.29 bits per heavy atom. The van der Waals surface area contributed by atoms with E-state index >= 15 is 0 Å². The van der Waals surface area contributed by atoms with E-state index in [1.54, 1.807) is 11.8 Å². The molecule has 0 radical (unpaired) electrons. The number of hydrogen-bond donors (Lipinski definition) is 2. The fourth-order valence-corrected chi connectivity index (χ4v) is 2.37. The van der Waals surface area contributed by atoms with Gasteiger partial charge in [-0.2, -0.15) is 11.8 Å². The van der Waals surface area contributed by atoms with E-state index in [0.717, 1.165) is 12.8 Å². The maximum atomic E-state index is 11.6. The van der Waals surface area contributed by atoms with Gasteiger partial charge in [-0.3, -0.25) is 4.79 Å². The molecule has 17 heavy (non-hydrogen) atoms. The summed E-state index contributed by atoms with van der Waals surface area (Å²) in [6, 6.07) is 0.0399. The van der Waals surface area contributed by atoms with E-state index in [1.807, 2.05) is 13.2 Å². The van der Waals surface area contributed by atoms with Crippen LogP contribution in [0.4, 0.5) is 0 Å². The SMILES string of the molecule is CCCCCCCC(=O)NC(C)C(CO)SC. The first-order valence-corrected chi connectivity index (χ1v) is 7.87. The van der Waals surface area contributed by atoms with Gasteiger partial charge < -0.3 is 10.4 Å². The predicted molar refractivity (Wildman–Crippen MR) is 75.4 cm³/mol. The van der Waals surface area contributed by atoms with Crippen LogP contribution in [0.5, 0.6) is 0 Å². The van der Waals surface area contributed by atoms with Crippen LogP contribution in [0.15, 0.2) is 0 Å². The van der Waals surface area contributed by atoms with Crippen molar-refractivity contribution >= 4 is 17.7 Å². The summed E-state index contributed by atoms with van der Waals surface area (Å²) in [7, 11) is 0. The lowest BCUT2D eigenvalue weighted by atomic mass is 10.1. The van der Waals surface area contributed by atoms with Crippen molar-refractivity contribution in [2.24, 2.45) is 0 Å². The highest BCUT2D eigenvalue weighted by Crippen LogP contribution is 2.11. The van der Waals surface area contributed by atoms with Crippen molar-refractivity contribution in [3.63, 3.8) is 0 Å². The number of aliphatic hydroxyl groups excluding tert-OH is 1. The van der Waals surface area contributed by atoms with Crippen LogP contribution in [-0.2, 0) is 4.79 Å². The van der Waals surface area contributed by atoms with Crippen LogP contribution in [0.25, 0.3) is 0 Å². The summed E-state index contributed by atoms with van der Waals surface area (Å²) < 4.78 is 0. The minimum absolute atomic E-state index is 0.0399. The van der Waals surface area contributed by atoms with Gasteiger partial charge in [-0.15, -0.1) is 0 Å². The summed E-state index contributed by atoms with van der Waals surface area (Å²) in [6.07, 6.45) is 8.40. The van der Waals surface area contributed by atoms with Crippen LogP contribution >= 0.6 is 11.8 Å². The standard InChI is InChI=1S/C13H27NO2S/c1-4-5-6-7-8-9-13(16)14-11(2)12(10-15)17-3/h11-12,15H,4-10H2,1-3H3,(H,14,16). The van der Waals surface area contributed by atoms with Gasteiger partial charge >= 0.3 is 0 Å². The van der Waals surface area contributed by atoms with E-state index in [2.05, 4.69) is 12.2 Å². The van der Waals surface area contributed by atoms with E-state index in [0.29, 0.717) is 6.42 Å². The summed E-state index contributed by atoms with van der Waals surface area (Å²) >= 11 is 1.59. The molecule has 0 fully saturated rings. The average molecular weight is 261 g/mol. The van der Waals surface area contributed by atoms with Gasteiger partial charge in [-0.05, 0) is 19.6 Å². The van der Waals surface area contributed by atoms with Crippen molar-refractivity contribution in [3.05, 3.63) is 0 Å². The molecule has 0 aliphatic rings. The summed E-state index contributed by atoms with van der Waals surface area (Å²) in [5.41, 5.74) is 0. The molecule has 0 bridgehead atoms. The number of carbonyl (C=O) groups excluding carboxylic acids is 1. The quantitative estimate of drug-likeness (QED) is 0.594. The molecule has 4 heteroatoms. The third-order valence-electron chi connectivity index (χ3n) is 2.94. The van der Waals surface area contributed by atoms with Gasteiger partial charge in [0.2, 0.25) is 5.91 Å². The largest absolute Gasteiger partial charge is 0.395 e. The highest BCUT2D eigenvalue weighted by Gasteiger charge is 2.16. The van der Waals surface area contributed by atoms with Crippen molar-refractivity contribution in [1.29, 1.82) is 0 Å². The Labute approximate surface area is 110 Å². The van der Waals surface area contributed by atoms with Gasteiger partial charge in [0.1, 0.15) is 0 Å². The highest BCUT2D eigenvalue weighted by atomic mass is 32.2. The molecule has 0 heterocycles. The van der Waals surface area contributed by atoms with E-state index in [-0.39, 0.29) is 23.8 Å². The first-order chi connectivity index (χ1) is 8.15. The Balaban J connectivity index is 3.63. The molecule has 0 spiro atoms. The second-order valence-electron chi connectivity index (χ2n) is 4.48. The Kier molecular flexibility index (Phi) is 10.8. The van der Waals surface area contributed by atoms with Gasteiger partial charge in [0.15, 0.2) is 0 Å². The fourth-order valence-electron chi connectivity index (χ4n) is 1.74. The van der Waals surface area contributed by atoms with E-state index in [9.17, 15) is 4.79 Å². The van der Waals surface area contributed by atoms with Crippen molar-refractivity contribution in [2.45, 2.75) is 63.7 Å². The lowest BCUT2D eigenvalue weighted by molar-refractivity contribution is -0.121. The maximum Gasteiger partial charge on any atom is 0.220 e. The first kappa shape index (κ1) is 16.8. The van der Waals surface area contributed by atoms with Crippen molar-refractivity contribution in [3.8, 4) is 0 Å². The Bertz CT molecular complexity index is 196. The summed E-state index contributed by atoms with van der Waals surface area (Å²) in [6.45, 7) is 4.25. The third-order valence-corrected chi connectivity index (χ3v) is 4.10. The van der Waals surface area contributed by atoms with Crippen molar-refractivity contribution < 1.29 is 9.90 Å². The van der Waals surface area contributed by atoms with Gasteiger partial charge in [0.05, 0.1) is 6.61 Å². The van der Waals surface area contributed by atoms with Crippen molar-refractivity contribution in [2.75, 3.05) is 12.9 Å². The van der Waals surface area contributed by atoms with E-state index in [4.69, 9.17) is 5.11 Å². The fraction of sp³-hybridized carbons (Fsp3) is 0.923. The molecular weight excluding hydrogens is 234 g/mol. The summed E-state index contributed by atoms with van der Waals surface area (Å²) in [4.78, 5) is 11.6. The van der Waals surface area contributed by atoms with Gasteiger partial charge in [0, 0.05) is 17.7 Å². The molecule has 0 aromatic carbocycles. The zero-order chi connectivity index (χ0) is 13.1. The van der Waals surface area contributed by atoms with Crippen LogP contribution in [0.1, 0.15) is 52.4 Å². The van der Waals surface area contributed by atoms with Crippen LogP contribution in [0.2, 0.25) is 0 Å². The number of amides is 1. The molecule has 2 unspecified atom stereocenters. The first-order valence-electron chi connectivity index (χ1n) is 6.58. The molecule has 0 aromatic heterocycles. The summed E-state index contributed by atoms with van der Waals surface area (Å²) in [5, 5.41) is 12.2. The second kappa shape index (κ2) is 10.9. The molecule has 0 aliphatic heterocycles. The molecule has 0 aliphatic carbocycles. The maximum absolute atomic E-state index is 11.6. The molecule has 0 saturated carbocycles. The number of thioether (sulfide) groups is 1. The number of rotatable bonds is 10. The lowest BCUT2D eigenvalue weighted by Crippen LogP contribution is -2.41. The minimum Gasteiger partial charge on any atom is -0.395 e. The van der Waals surface area contributed by atoms with Crippen LogP contribution in [0.3, 0.4) is 0 Å². The van der Waals surface area contributed by atoms with Crippen LogP contribution < -0.4 is 5.32 Å². The molecule has 1 amide bonds. The van der Waals surface area contributed by atoms with Gasteiger partial charge in [-0.1, -0.05) is 32.6 Å². The topological polar surface area (TPSA) is 49.3 Å². The molecule has 102 valence electrons. The zero-order valence-electron chi connectivity index (χ0n) is 11.4. The van der Waals surface area contributed by atoms with Gasteiger partial charge in [-0.25, -0.2) is 0 Å². The molecule has 0 saturated heterocycles. The number of hydrogen-bond acceptors (Lipinski definition) is 3. The lowest BCUT2D eigenvalue weighted by Gasteiger charge is -2.21. The monoisotopic (exact) mass is 261 g/mol. The number of nitrogens with one attached hydrogen (secondary N) is 1. The molecule has 0 rings (SSSR count).